The molecule has 1 heterocycles. The number of hydrogen-bond donors (Lipinski definition) is 2. The molecular formula is C12H19N3O3S. The van der Waals surface area contributed by atoms with Crippen molar-refractivity contribution in [1.82, 2.24) is 15.2 Å². The van der Waals surface area contributed by atoms with Crippen molar-refractivity contribution in [1.29, 1.82) is 0 Å². The first kappa shape index (κ1) is 15.4. The lowest BCUT2D eigenvalue weighted by atomic mass is 10.2. The summed E-state index contributed by atoms with van der Waals surface area (Å²) < 4.78 is 0. The minimum Gasteiger partial charge on any atom is -0.476 e. The van der Waals surface area contributed by atoms with Gasteiger partial charge in [-0.15, -0.1) is 11.3 Å². The molecule has 0 aliphatic rings. The van der Waals surface area contributed by atoms with Gasteiger partial charge in [0.15, 0.2) is 5.69 Å². The Kier molecular flexibility index (Phi) is 6.27. The van der Waals surface area contributed by atoms with E-state index in [4.69, 9.17) is 5.11 Å². The third-order valence-electron chi connectivity index (χ3n) is 2.61. The van der Waals surface area contributed by atoms with Crippen LogP contribution >= 0.6 is 11.3 Å². The average molecular weight is 285 g/mol. The molecule has 106 valence electrons. The first-order chi connectivity index (χ1) is 9.04. The second kappa shape index (κ2) is 7.73. The third kappa shape index (κ3) is 5.25. The van der Waals surface area contributed by atoms with Crippen LogP contribution in [0.5, 0.6) is 0 Å². The van der Waals surface area contributed by atoms with E-state index in [9.17, 15) is 9.59 Å². The molecule has 19 heavy (non-hydrogen) atoms. The summed E-state index contributed by atoms with van der Waals surface area (Å²) in [5.41, 5.74) is 0.0190. The second-order valence-electron chi connectivity index (χ2n) is 4.22. The zero-order valence-electron chi connectivity index (χ0n) is 11.2. The molecule has 2 amide bonds. The fraction of sp³-hybridized carbons (Fsp3) is 0.583. The SMILES string of the molecule is CCCCCN(C)C(=O)NCc1nc(C(=O)O)cs1. The maximum Gasteiger partial charge on any atom is 0.355 e. The number of carboxylic acid groups (broad SMARTS) is 1. The van der Waals surface area contributed by atoms with Crippen LogP contribution in [0.4, 0.5) is 4.79 Å². The van der Waals surface area contributed by atoms with Gasteiger partial charge >= 0.3 is 12.0 Å². The summed E-state index contributed by atoms with van der Waals surface area (Å²) in [5.74, 6) is -1.05. The maximum absolute atomic E-state index is 11.7. The lowest BCUT2D eigenvalue weighted by molar-refractivity contribution is 0.0691. The Labute approximate surface area is 116 Å². The number of rotatable bonds is 7. The lowest BCUT2D eigenvalue weighted by Gasteiger charge is -2.17. The molecule has 0 saturated heterocycles. The van der Waals surface area contributed by atoms with Crippen LogP contribution in [0.25, 0.3) is 0 Å². The predicted octanol–water partition coefficient (Wildman–Crippen LogP) is 2.17. The molecule has 0 aliphatic heterocycles. The molecule has 1 rings (SSSR count). The van der Waals surface area contributed by atoms with E-state index in [1.807, 2.05) is 0 Å². The number of nitrogens with zero attached hydrogens (tertiary/aromatic N) is 2. The van der Waals surface area contributed by atoms with Gasteiger partial charge in [-0.3, -0.25) is 0 Å². The molecule has 1 aromatic rings. The second-order valence-corrected chi connectivity index (χ2v) is 5.16. The van der Waals surface area contributed by atoms with Crippen molar-refractivity contribution in [3.05, 3.63) is 16.1 Å². The van der Waals surface area contributed by atoms with E-state index in [2.05, 4.69) is 17.2 Å². The predicted molar refractivity (Wildman–Crippen MR) is 73.5 cm³/mol. The molecule has 7 heteroatoms. The number of aromatic carboxylic acids is 1. The summed E-state index contributed by atoms with van der Waals surface area (Å²) in [7, 11) is 1.75. The van der Waals surface area contributed by atoms with Crippen LogP contribution < -0.4 is 5.32 Å². The van der Waals surface area contributed by atoms with Crippen LogP contribution in [-0.4, -0.2) is 40.6 Å². The van der Waals surface area contributed by atoms with Gasteiger partial charge in [0.1, 0.15) is 5.01 Å². The molecule has 0 aromatic carbocycles. The maximum atomic E-state index is 11.7. The molecule has 1 aromatic heterocycles. The van der Waals surface area contributed by atoms with E-state index in [0.717, 1.165) is 25.8 Å². The van der Waals surface area contributed by atoms with Crippen molar-refractivity contribution >= 4 is 23.3 Å². The fourth-order valence-electron chi connectivity index (χ4n) is 1.48. The summed E-state index contributed by atoms with van der Waals surface area (Å²) in [6, 6.07) is -0.164. The fourth-order valence-corrected chi connectivity index (χ4v) is 2.18. The minimum absolute atomic E-state index is 0.0190. The number of carbonyl (C=O) groups excluding carboxylic acids is 1. The number of hydrogen-bond acceptors (Lipinski definition) is 4. The van der Waals surface area contributed by atoms with Gasteiger partial charge in [-0.05, 0) is 6.42 Å². The standard InChI is InChI=1S/C12H19N3O3S/c1-3-4-5-6-15(2)12(18)13-7-10-14-9(8-19-10)11(16)17/h8H,3-7H2,1-2H3,(H,13,18)(H,16,17). The molecular weight excluding hydrogens is 266 g/mol. The van der Waals surface area contributed by atoms with E-state index in [1.165, 1.54) is 16.7 Å². The molecule has 0 bridgehead atoms. The van der Waals surface area contributed by atoms with Gasteiger partial charge in [0.2, 0.25) is 0 Å². The van der Waals surface area contributed by atoms with Crippen LogP contribution in [0.2, 0.25) is 0 Å². The highest BCUT2D eigenvalue weighted by atomic mass is 32.1. The summed E-state index contributed by atoms with van der Waals surface area (Å²) in [6.07, 6.45) is 3.21. The molecule has 0 spiro atoms. The highest BCUT2D eigenvalue weighted by molar-refractivity contribution is 7.09. The van der Waals surface area contributed by atoms with Gasteiger partial charge in [0.05, 0.1) is 6.54 Å². The number of unbranched alkanes of at least 4 members (excludes halogenated alkanes) is 2. The van der Waals surface area contributed by atoms with Crippen LogP contribution in [0.15, 0.2) is 5.38 Å². The van der Waals surface area contributed by atoms with E-state index >= 15 is 0 Å². The average Bonchev–Trinajstić information content (AvgIpc) is 2.85. The van der Waals surface area contributed by atoms with E-state index < -0.39 is 5.97 Å². The Morgan fingerprint density at radius 2 is 2.21 bits per heavy atom. The number of thiazole rings is 1. The smallest absolute Gasteiger partial charge is 0.355 e. The molecule has 0 atom stereocenters. The van der Waals surface area contributed by atoms with E-state index in [1.54, 1.807) is 11.9 Å². The normalized spacial score (nSPS) is 10.2. The van der Waals surface area contributed by atoms with Gasteiger partial charge in [-0.1, -0.05) is 19.8 Å². The molecule has 0 aliphatic carbocycles. The monoisotopic (exact) mass is 285 g/mol. The van der Waals surface area contributed by atoms with Crippen LogP contribution in [0.1, 0.15) is 41.7 Å². The Bertz CT molecular complexity index is 434. The van der Waals surface area contributed by atoms with Crippen molar-refractivity contribution in [2.75, 3.05) is 13.6 Å². The van der Waals surface area contributed by atoms with Gasteiger partial charge in [0, 0.05) is 19.0 Å². The Morgan fingerprint density at radius 3 is 2.79 bits per heavy atom. The molecule has 6 nitrogen and oxygen atoms in total. The topological polar surface area (TPSA) is 82.5 Å². The number of aromatic nitrogens is 1. The highest BCUT2D eigenvalue weighted by Gasteiger charge is 2.11. The number of amides is 2. The zero-order valence-corrected chi connectivity index (χ0v) is 12.0. The minimum atomic E-state index is -1.05. The van der Waals surface area contributed by atoms with Crippen molar-refractivity contribution in [2.45, 2.75) is 32.7 Å². The summed E-state index contributed by atoms with van der Waals surface area (Å²) in [5, 5.41) is 13.5. The van der Waals surface area contributed by atoms with Gasteiger partial charge < -0.3 is 15.3 Å². The Hall–Kier alpha value is -1.63. The van der Waals surface area contributed by atoms with Gasteiger partial charge in [-0.25, -0.2) is 14.6 Å². The van der Waals surface area contributed by atoms with Gasteiger partial charge in [0.25, 0.3) is 0 Å². The Morgan fingerprint density at radius 1 is 1.47 bits per heavy atom. The summed E-state index contributed by atoms with van der Waals surface area (Å²) in [6.45, 7) is 3.09. The molecule has 0 fully saturated rings. The molecule has 0 radical (unpaired) electrons. The van der Waals surface area contributed by atoms with Crippen molar-refractivity contribution in [3.8, 4) is 0 Å². The summed E-state index contributed by atoms with van der Waals surface area (Å²) >= 11 is 1.23. The third-order valence-corrected chi connectivity index (χ3v) is 3.45. The number of carboxylic acids is 1. The van der Waals surface area contributed by atoms with Crippen LogP contribution in [0, 0.1) is 0 Å². The first-order valence-electron chi connectivity index (χ1n) is 6.21. The number of carbonyl (C=O) groups is 2. The van der Waals surface area contributed by atoms with E-state index in [-0.39, 0.29) is 18.3 Å². The summed E-state index contributed by atoms with van der Waals surface area (Å²) in [4.78, 5) is 27.9. The van der Waals surface area contributed by atoms with Crippen LogP contribution in [0.3, 0.4) is 0 Å². The molecule has 2 N–H and O–H groups in total. The van der Waals surface area contributed by atoms with Crippen molar-refractivity contribution in [2.24, 2.45) is 0 Å². The number of urea groups is 1. The zero-order chi connectivity index (χ0) is 14.3. The Balaban J connectivity index is 2.34. The quantitative estimate of drug-likeness (QED) is 0.752. The lowest BCUT2D eigenvalue weighted by Crippen LogP contribution is -2.37. The number of nitrogens with one attached hydrogen (secondary N) is 1. The molecule has 0 saturated carbocycles. The molecule has 0 unspecified atom stereocenters. The first-order valence-corrected chi connectivity index (χ1v) is 7.09. The van der Waals surface area contributed by atoms with E-state index in [0.29, 0.717) is 5.01 Å². The highest BCUT2D eigenvalue weighted by Crippen LogP contribution is 2.09. The van der Waals surface area contributed by atoms with Crippen molar-refractivity contribution in [3.63, 3.8) is 0 Å². The van der Waals surface area contributed by atoms with Crippen molar-refractivity contribution < 1.29 is 14.7 Å². The largest absolute Gasteiger partial charge is 0.476 e. The van der Waals surface area contributed by atoms with Gasteiger partial charge in [-0.2, -0.15) is 0 Å². The van der Waals surface area contributed by atoms with Crippen LogP contribution in [-0.2, 0) is 6.54 Å².